The van der Waals surface area contributed by atoms with Crippen molar-refractivity contribution in [3.63, 3.8) is 0 Å². The summed E-state index contributed by atoms with van der Waals surface area (Å²) < 4.78 is 31.7. The van der Waals surface area contributed by atoms with Crippen LogP contribution in [0.5, 0.6) is 5.75 Å². The maximum Gasteiger partial charge on any atom is 0.490 e. The summed E-state index contributed by atoms with van der Waals surface area (Å²) in [4.78, 5) is 11.2. The smallest absolute Gasteiger partial charge is 0.490 e. The summed E-state index contributed by atoms with van der Waals surface area (Å²) in [5.41, 5.74) is 8.36. The number of carboxylic acids is 1. The summed E-state index contributed by atoms with van der Waals surface area (Å²) in [6.45, 7) is 2.05. The number of nitrogens with two attached hydrogens (primary N) is 1. The number of alkyl halides is 3. The highest BCUT2D eigenvalue weighted by atomic mass is 19.4. The summed E-state index contributed by atoms with van der Waals surface area (Å²) in [5.74, 6) is -1.67. The maximum absolute atomic E-state index is 10.6. The molecular formula is C17H19F3N4O3. The van der Waals surface area contributed by atoms with Crippen LogP contribution in [0.25, 0.3) is 11.3 Å². The number of aliphatic carboxylic acids is 1. The molecule has 7 nitrogen and oxygen atoms in total. The zero-order valence-corrected chi connectivity index (χ0v) is 14.4. The summed E-state index contributed by atoms with van der Waals surface area (Å²) in [6.07, 6.45) is -4.01. The number of likely N-dealkylation sites (N-methyl/N-ethyl adjacent to an activating group) is 1. The van der Waals surface area contributed by atoms with Crippen molar-refractivity contribution < 1.29 is 28.2 Å². The Balaban J connectivity index is 0.000000321. The van der Waals surface area contributed by atoms with Crippen molar-refractivity contribution >= 4 is 11.8 Å². The molecule has 0 saturated carbocycles. The fourth-order valence-electron chi connectivity index (χ4n) is 2.75. The Kier molecular flexibility index (Phi) is 6.21. The second-order valence-electron chi connectivity index (χ2n) is 6.14. The standard InChI is InChI=1S/C15H18N4O.C2HF3O2/c1-19-7-6-10(9-19)12-8-13(17-18-15(12)16)11-4-2-3-5-14(11)20;3-2(4,5)1(6)7/h2-5,8,10,20H,6-7,9H2,1H3,(H2,16,18);(H,6,7). The summed E-state index contributed by atoms with van der Waals surface area (Å²) >= 11 is 0. The number of carboxylic acid groups (broad SMARTS) is 1. The van der Waals surface area contributed by atoms with Crippen LogP contribution in [0, 0.1) is 0 Å². The molecule has 0 amide bonds. The van der Waals surface area contributed by atoms with Crippen LogP contribution in [0.3, 0.4) is 0 Å². The Hall–Kier alpha value is -2.88. The molecule has 1 unspecified atom stereocenters. The fourth-order valence-corrected chi connectivity index (χ4v) is 2.75. The number of likely N-dealkylation sites (tertiary alicyclic amines) is 1. The minimum atomic E-state index is -5.08. The first kappa shape index (κ1) is 20.4. The van der Waals surface area contributed by atoms with Gasteiger partial charge in [-0.2, -0.15) is 13.2 Å². The Bertz CT molecular complexity index is 814. The van der Waals surface area contributed by atoms with Crippen LogP contribution in [0.4, 0.5) is 19.0 Å². The van der Waals surface area contributed by atoms with Crippen molar-refractivity contribution in [1.82, 2.24) is 15.1 Å². The van der Waals surface area contributed by atoms with E-state index in [1.54, 1.807) is 12.1 Å². The van der Waals surface area contributed by atoms with Crippen LogP contribution in [-0.2, 0) is 4.79 Å². The summed E-state index contributed by atoms with van der Waals surface area (Å²) in [7, 11) is 2.11. The number of carbonyl (C=O) groups is 1. The molecule has 3 rings (SSSR count). The minimum absolute atomic E-state index is 0.209. The average molecular weight is 384 g/mol. The van der Waals surface area contributed by atoms with E-state index in [0.717, 1.165) is 25.1 Å². The van der Waals surface area contributed by atoms with Crippen molar-refractivity contribution in [2.24, 2.45) is 0 Å². The first-order valence-corrected chi connectivity index (χ1v) is 7.99. The number of aromatic nitrogens is 2. The molecule has 0 aliphatic carbocycles. The van der Waals surface area contributed by atoms with E-state index in [0.29, 0.717) is 23.0 Å². The highest BCUT2D eigenvalue weighted by molar-refractivity contribution is 5.73. The van der Waals surface area contributed by atoms with Gasteiger partial charge in [0.05, 0.1) is 5.69 Å². The Morgan fingerprint density at radius 2 is 1.93 bits per heavy atom. The molecule has 4 N–H and O–H groups in total. The van der Waals surface area contributed by atoms with E-state index >= 15 is 0 Å². The summed E-state index contributed by atoms with van der Waals surface area (Å²) in [5, 5.41) is 25.2. The van der Waals surface area contributed by atoms with Crippen LogP contribution < -0.4 is 5.73 Å². The highest BCUT2D eigenvalue weighted by Crippen LogP contribution is 2.33. The molecular weight excluding hydrogens is 365 g/mol. The largest absolute Gasteiger partial charge is 0.507 e. The Morgan fingerprint density at radius 3 is 2.44 bits per heavy atom. The number of para-hydroxylation sites is 1. The van der Waals surface area contributed by atoms with Crippen molar-refractivity contribution in [3.8, 4) is 17.0 Å². The third-order valence-corrected chi connectivity index (χ3v) is 4.11. The van der Waals surface area contributed by atoms with E-state index in [1.165, 1.54) is 0 Å². The number of phenolic OH excluding ortho intramolecular Hbond substituents is 1. The van der Waals surface area contributed by atoms with Crippen LogP contribution in [-0.4, -0.2) is 57.6 Å². The molecule has 1 saturated heterocycles. The van der Waals surface area contributed by atoms with E-state index in [2.05, 4.69) is 22.1 Å². The normalized spacial score (nSPS) is 17.3. The molecule has 2 heterocycles. The molecule has 27 heavy (non-hydrogen) atoms. The average Bonchev–Trinajstić information content (AvgIpc) is 3.02. The third-order valence-electron chi connectivity index (χ3n) is 4.11. The Morgan fingerprint density at radius 1 is 1.30 bits per heavy atom. The van der Waals surface area contributed by atoms with Gasteiger partial charge in [-0.25, -0.2) is 4.79 Å². The van der Waals surface area contributed by atoms with Crippen molar-refractivity contribution in [1.29, 1.82) is 0 Å². The van der Waals surface area contributed by atoms with Gasteiger partial charge in [-0.3, -0.25) is 0 Å². The molecule has 2 aromatic rings. The van der Waals surface area contributed by atoms with E-state index in [4.69, 9.17) is 15.6 Å². The number of hydrogen-bond donors (Lipinski definition) is 3. The second kappa shape index (κ2) is 8.21. The quantitative estimate of drug-likeness (QED) is 0.729. The Labute approximate surface area is 153 Å². The van der Waals surface area contributed by atoms with Crippen LogP contribution in [0.1, 0.15) is 17.9 Å². The zero-order valence-electron chi connectivity index (χ0n) is 14.4. The third kappa shape index (κ3) is 5.30. The number of nitrogens with zero attached hydrogens (tertiary/aromatic N) is 3. The topological polar surface area (TPSA) is 113 Å². The number of hydrogen-bond acceptors (Lipinski definition) is 6. The van der Waals surface area contributed by atoms with E-state index < -0.39 is 12.1 Å². The number of phenols is 1. The SMILES string of the molecule is CN1CCC(c2cc(-c3ccccc3O)nnc2N)C1.O=C(O)C(F)(F)F. The number of benzene rings is 1. The summed E-state index contributed by atoms with van der Waals surface area (Å²) in [6, 6.07) is 9.10. The minimum Gasteiger partial charge on any atom is -0.507 e. The highest BCUT2D eigenvalue weighted by Gasteiger charge is 2.38. The van der Waals surface area contributed by atoms with Crippen molar-refractivity contribution in [2.75, 3.05) is 25.9 Å². The molecule has 1 aliphatic rings. The number of anilines is 1. The van der Waals surface area contributed by atoms with E-state index in [-0.39, 0.29) is 5.75 Å². The first-order chi connectivity index (χ1) is 12.6. The number of rotatable bonds is 2. The van der Waals surface area contributed by atoms with Crippen molar-refractivity contribution in [3.05, 3.63) is 35.9 Å². The van der Waals surface area contributed by atoms with Gasteiger partial charge in [-0.15, -0.1) is 10.2 Å². The number of aromatic hydroxyl groups is 1. The van der Waals surface area contributed by atoms with E-state index in [1.807, 2.05) is 18.2 Å². The van der Waals surface area contributed by atoms with Crippen LogP contribution in [0.15, 0.2) is 30.3 Å². The van der Waals surface area contributed by atoms with Gasteiger partial charge in [0.1, 0.15) is 11.6 Å². The lowest BCUT2D eigenvalue weighted by Gasteiger charge is -2.14. The number of halogens is 3. The monoisotopic (exact) mass is 384 g/mol. The molecule has 10 heteroatoms. The van der Waals surface area contributed by atoms with Gasteiger partial charge in [0.2, 0.25) is 0 Å². The number of nitrogen functional groups attached to an aromatic ring is 1. The van der Waals surface area contributed by atoms with Crippen LogP contribution >= 0.6 is 0 Å². The lowest BCUT2D eigenvalue weighted by Crippen LogP contribution is -2.21. The maximum atomic E-state index is 10.6. The predicted molar refractivity (Wildman–Crippen MR) is 92.1 cm³/mol. The van der Waals surface area contributed by atoms with Gasteiger partial charge in [0.15, 0.2) is 0 Å². The molecule has 0 bridgehead atoms. The van der Waals surface area contributed by atoms with Gasteiger partial charge in [0.25, 0.3) is 0 Å². The molecule has 1 fully saturated rings. The fraction of sp³-hybridized carbons (Fsp3) is 0.353. The molecule has 1 atom stereocenters. The first-order valence-electron chi connectivity index (χ1n) is 7.99. The van der Waals surface area contributed by atoms with E-state index in [9.17, 15) is 18.3 Å². The molecule has 146 valence electrons. The predicted octanol–water partition coefficient (Wildman–Crippen LogP) is 2.48. The van der Waals surface area contributed by atoms with Gasteiger partial charge in [0, 0.05) is 23.6 Å². The lowest BCUT2D eigenvalue weighted by atomic mass is 9.97. The van der Waals surface area contributed by atoms with Gasteiger partial charge in [-0.1, -0.05) is 12.1 Å². The van der Waals surface area contributed by atoms with Crippen LogP contribution in [0.2, 0.25) is 0 Å². The zero-order chi connectivity index (χ0) is 20.2. The molecule has 1 aromatic carbocycles. The van der Waals surface area contributed by atoms with Crippen molar-refractivity contribution in [2.45, 2.75) is 18.5 Å². The molecule has 0 spiro atoms. The molecule has 0 radical (unpaired) electrons. The lowest BCUT2D eigenvalue weighted by molar-refractivity contribution is -0.192. The van der Waals surface area contributed by atoms with Gasteiger partial charge < -0.3 is 20.8 Å². The molecule has 1 aromatic heterocycles. The second-order valence-corrected chi connectivity index (χ2v) is 6.14. The van der Waals surface area contributed by atoms with Gasteiger partial charge >= 0.3 is 12.1 Å². The van der Waals surface area contributed by atoms with Gasteiger partial charge in [-0.05, 0) is 38.2 Å². The molecule has 1 aliphatic heterocycles.